The van der Waals surface area contributed by atoms with Gasteiger partial charge in [0.05, 0.1) is 7.11 Å². The van der Waals surface area contributed by atoms with Crippen molar-refractivity contribution in [3.05, 3.63) is 65.2 Å². The molecule has 0 aliphatic carbocycles. The smallest absolute Gasteiger partial charge is 0.251 e. The molecule has 2 aromatic carbocycles. The maximum Gasteiger partial charge on any atom is 0.251 e. The van der Waals surface area contributed by atoms with Crippen LogP contribution >= 0.6 is 0 Å². The predicted octanol–water partition coefficient (Wildman–Crippen LogP) is 2.69. The van der Waals surface area contributed by atoms with Crippen LogP contribution < -0.4 is 10.1 Å². The lowest BCUT2D eigenvalue weighted by Gasteiger charge is -2.14. The van der Waals surface area contributed by atoms with Crippen molar-refractivity contribution in [3.63, 3.8) is 0 Å². The maximum absolute atomic E-state index is 12.2. The van der Waals surface area contributed by atoms with Crippen molar-refractivity contribution < 1.29 is 9.53 Å². The van der Waals surface area contributed by atoms with Crippen LogP contribution in [0.1, 0.15) is 21.5 Å². The number of hydrogen-bond acceptors (Lipinski definition) is 3. The molecule has 0 saturated heterocycles. The standard InChI is InChI=1S/C18H22N2O2/c1-20(2)13-16-8-5-4-7-15(16)12-19-18(21)14-9-6-10-17(11-14)22-3/h4-11H,12-13H2,1-3H3,(H,19,21). The van der Waals surface area contributed by atoms with E-state index in [1.165, 1.54) is 5.56 Å². The van der Waals surface area contributed by atoms with Crippen LogP contribution in [0.15, 0.2) is 48.5 Å². The van der Waals surface area contributed by atoms with Crippen LogP contribution in [0.4, 0.5) is 0 Å². The lowest BCUT2D eigenvalue weighted by Crippen LogP contribution is -2.24. The number of nitrogens with zero attached hydrogens (tertiary/aromatic N) is 1. The molecule has 0 saturated carbocycles. The Balaban J connectivity index is 2.05. The first kappa shape index (κ1) is 16.0. The Morgan fingerprint density at radius 2 is 1.82 bits per heavy atom. The summed E-state index contributed by atoms with van der Waals surface area (Å²) in [6.45, 7) is 1.37. The van der Waals surface area contributed by atoms with E-state index in [1.54, 1.807) is 19.2 Å². The first-order chi connectivity index (χ1) is 10.6. The van der Waals surface area contributed by atoms with Gasteiger partial charge in [0.25, 0.3) is 5.91 Å². The molecule has 0 radical (unpaired) electrons. The van der Waals surface area contributed by atoms with Gasteiger partial charge >= 0.3 is 0 Å². The molecule has 1 amide bonds. The number of carbonyl (C=O) groups excluding carboxylic acids is 1. The van der Waals surface area contributed by atoms with Crippen molar-refractivity contribution in [1.29, 1.82) is 0 Å². The van der Waals surface area contributed by atoms with Gasteiger partial charge in [-0.2, -0.15) is 0 Å². The molecular formula is C18H22N2O2. The molecule has 1 N–H and O–H groups in total. The highest BCUT2D eigenvalue weighted by molar-refractivity contribution is 5.94. The molecule has 0 spiro atoms. The average Bonchev–Trinajstić information content (AvgIpc) is 2.53. The third-order valence-corrected chi connectivity index (χ3v) is 3.38. The number of benzene rings is 2. The van der Waals surface area contributed by atoms with Gasteiger partial charge in [-0.15, -0.1) is 0 Å². The monoisotopic (exact) mass is 298 g/mol. The zero-order chi connectivity index (χ0) is 15.9. The van der Waals surface area contributed by atoms with Crippen molar-refractivity contribution in [2.75, 3.05) is 21.2 Å². The number of nitrogens with one attached hydrogen (secondary N) is 1. The molecule has 22 heavy (non-hydrogen) atoms. The number of amides is 1. The van der Waals surface area contributed by atoms with Crippen LogP contribution in [-0.2, 0) is 13.1 Å². The molecule has 0 aliphatic rings. The van der Waals surface area contributed by atoms with Gasteiger partial charge in [-0.25, -0.2) is 0 Å². The molecule has 2 rings (SSSR count). The van der Waals surface area contributed by atoms with E-state index in [1.807, 2.05) is 44.4 Å². The van der Waals surface area contributed by atoms with Gasteiger partial charge in [0, 0.05) is 18.7 Å². The van der Waals surface area contributed by atoms with E-state index in [0.717, 1.165) is 12.1 Å². The van der Waals surface area contributed by atoms with Gasteiger partial charge in [-0.05, 0) is 43.4 Å². The van der Waals surface area contributed by atoms with Crippen LogP contribution in [0.3, 0.4) is 0 Å². The minimum absolute atomic E-state index is 0.0986. The zero-order valence-corrected chi connectivity index (χ0v) is 13.3. The second kappa shape index (κ2) is 7.61. The summed E-state index contributed by atoms with van der Waals surface area (Å²) < 4.78 is 5.15. The van der Waals surface area contributed by atoms with Crippen molar-refractivity contribution in [2.24, 2.45) is 0 Å². The quantitative estimate of drug-likeness (QED) is 0.891. The maximum atomic E-state index is 12.2. The molecule has 0 fully saturated rings. The second-order valence-corrected chi connectivity index (χ2v) is 5.42. The molecule has 0 heterocycles. The Bertz CT molecular complexity index is 638. The Morgan fingerprint density at radius 3 is 2.50 bits per heavy atom. The van der Waals surface area contributed by atoms with Crippen LogP contribution in [0.5, 0.6) is 5.75 Å². The van der Waals surface area contributed by atoms with E-state index >= 15 is 0 Å². The predicted molar refractivity (Wildman–Crippen MR) is 88.0 cm³/mol. The summed E-state index contributed by atoms with van der Waals surface area (Å²) in [5, 5.41) is 2.97. The van der Waals surface area contributed by atoms with Crippen molar-refractivity contribution >= 4 is 5.91 Å². The van der Waals surface area contributed by atoms with Crippen LogP contribution in [0.25, 0.3) is 0 Å². The van der Waals surface area contributed by atoms with Crippen LogP contribution in [0, 0.1) is 0 Å². The summed E-state index contributed by atoms with van der Waals surface area (Å²) in [6, 6.07) is 15.3. The average molecular weight is 298 g/mol. The van der Waals surface area contributed by atoms with Gasteiger partial charge < -0.3 is 15.0 Å². The molecule has 4 nitrogen and oxygen atoms in total. The summed E-state index contributed by atoms with van der Waals surface area (Å²) in [5.41, 5.74) is 2.95. The van der Waals surface area contributed by atoms with E-state index < -0.39 is 0 Å². The van der Waals surface area contributed by atoms with E-state index in [-0.39, 0.29) is 5.91 Å². The SMILES string of the molecule is COc1cccc(C(=O)NCc2ccccc2CN(C)C)c1. The minimum Gasteiger partial charge on any atom is -0.497 e. The Hall–Kier alpha value is -2.33. The number of methoxy groups -OCH3 is 1. The van der Waals surface area contributed by atoms with Crippen LogP contribution in [0.2, 0.25) is 0 Å². The lowest BCUT2D eigenvalue weighted by atomic mass is 10.1. The van der Waals surface area contributed by atoms with Gasteiger partial charge in [-0.3, -0.25) is 4.79 Å². The first-order valence-corrected chi connectivity index (χ1v) is 7.24. The fourth-order valence-electron chi connectivity index (χ4n) is 2.27. The fourth-order valence-corrected chi connectivity index (χ4v) is 2.27. The van der Waals surface area contributed by atoms with Crippen LogP contribution in [-0.4, -0.2) is 32.0 Å². The highest BCUT2D eigenvalue weighted by Gasteiger charge is 2.08. The highest BCUT2D eigenvalue weighted by Crippen LogP contribution is 2.14. The molecule has 0 unspecified atom stereocenters. The number of rotatable bonds is 6. The zero-order valence-electron chi connectivity index (χ0n) is 13.3. The van der Waals surface area contributed by atoms with Gasteiger partial charge in [0.1, 0.15) is 5.75 Å². The number of hydrogen-bond donors (Lipinski definition) is 1. The van der Waals surface area contributed by atoms with E-state index in [2.05, 4.69) is 16.3 Å². The molecule has 0 atom stereocenters. The summed E-state index contributed by atoms with van der Waals surface area (Å²) in [7, 11) is 5.66. The third-order valence-electron chi connectivity index (χ3n) is 3.38. The summed E-state index contributed by atoms with van der Waals surface area (Å²) in [4.78, 5) is 14.4. The highest BCUT2D eigenvalue weighted by atomic mass is 16.5. The molecule has 0 bridgehead atoms. The van der Waals surface area contributed by atoms with E-state index in [9.17, 15) is 4.79 Å². The molecule has 116 valence electrons. The van der Waals surface area contributed by atoms with Gasteiger partial charge in [-0.1, -0.05) is 30.3 Å². The largest absolute Gasteiger partial charge is 0.497 e. The number of carbonyl (C=O) groups is 1. The van der Waals surface area contributed by atoms with Gasteiger partial charge in [0.15, 0.2) is 0 Å². The topological polar surface area (TPSA) is 41.6 Å². The molecule has 2 aromatic rings. The molecular weight excluding hydrogens is 276 g/mol. The minimum atomic E-state index is -0.0986. The molecule has 0 aliphatic heterocycles. The molecule has 0 aromatic heterocycles. The summed E-state index contributed by atoms with van der Waals surface area (Å²) >= 11 is 0. The first-order valence-electron chi connectivity index (χ1n) is 7.24. The third kappa shape index (κ3) is 4.33. The van der Waals surface area contributed by atoms with Crippen molar-refractivity contribution in [2.45, 2.75) is 13.1 Å². The van der Waals surface area contributed by atoms with Crippen molar-refractivity contribution in [1.82, 2.24) is 10.2 Å². The van der Waals surface area contributed by atoms with E-state index in [4.69, 9.17) is 4.74 Å². The normalized spacial score (nSPS) is 10.5. The Morgan fingerprint density at radius 1 is 1.09 bits per heavy atom. The van der Waals surface area contributed by atoms with E-state index in [0.29, 0.717) is 17.9 Å². The summed E-state index contributed by atoms with van der Waals surface area (Å²) in [5.74, 6) is 0.583. The lowest BCUT2D eigenvalue weighted by molar-refractivity contribution is 0.0950. The Labute approximate surface area is 131 Å². The van der Waals surface area contributed by atoms with Crippen molar-refractivity contribution in [3.8, 4) is 5.75 Å². The summed E-state index contributed by atoms with van der Waals surface area (Å²) in [6.07, 6.45) is 0. The molecule has 4 heteroatoms. The fraction of sp³-hybridized carbons (Fsp3) is 0.278. The van der Waals surface area contributed by atoms with Gasteiger partial charge in [0.2, 0.25) is 0 Å². The number of ether oxygens (including phenoxy) is 1. The Kier molecular flexibility index (Phi) is 5.55. The second-order valence-electron chi connectivity index (χ2n) is 5.42.